The van der Waals surface area contributed by atoms with Crippen LogP contribution in [0.1, 0.15) is 17.3 Å². The van der Waals surface area contributed by atoms with Crippen molar-refractivity contribution in [3.8, 4) is 0 Å². The summed E-state index contributed by atoms with van der Waals surface area (Å²) in [6.45, 7) is 1.11. The van der Waals surface area contributed by atoms with Gasteiger partial charge in [0.1, 0.15) is 5.78 Å². The van der Waals surface area contributed by atoms with Crippen molar-refractivity contribution < 1.29 is 19.1 Å². The van der Waals surface area contributed by atoms with E-state index in [2.05, 4.69) is 5.32 Å². The first-order valence-electron chi connectivity index (χ1n) is 7.29. The van der Waals surface area contributed by atoms with Gasteiger partial charge < -0.3 is 10.1 Å². The molecule has 0 fully saturated rings. The van der Waals surface area contributed by atoms with E-state index in [-0.39, 0.29) is 18.1 Å². The van der Waals surface area contributed by atoms with Crippen molar-refractivity contribution >= 4 is 35.1 Å². The number of carbonyl (C=O) groups excluding carboxylic acids is 3. The topological polar surface area (TPSA) is 72.5 Å². The van der Waals surface area contributed by atoms with E-state index in [4.69, 9.17) is 4.74 Å². The maximum absolute atomic E-state index is 12.2. The maximum Gasteiger partial charge on any atom is 0.339 e. The van der Waals surface area contributed by atoms with Crippen LogP contribution >= 0.6 is 11.8 Å². The number of para-hydroxylation sites is 1. The molecular weight excluding hydrogens is 326 g/mol. The molecule has 124 valence electrons. The molecule has 0 bridgehead atoms. The zero-order valence-corrected chi connectivity index (χ0v) is 14.0. The third-order valence-corrected chi connectivity index (χ3v) is 4.15. The van der Waals surface area contributed by atoms with Crippen LogP contribution in [0.5, 0.6) is 0 Å². The standard InChI is InChI=1S/C18H17NO4S/c1-13(20)12-24-16-10-6-5-9-15(16)18(22)23-11-17(21)19-14-7-3-2-4-8-14/h2-10H,11-12H2,1H3,(H,19,21). The van der Waals surface area contributed by atoms with Crippen LogP contribution in [-0.2, 0) is 14.3 Å². The minimum absolute atomic E-state index is 0.0189. The lowest BCUT2D eigenvalue weighted by molar-refractivity contribution is -0.119. The largest absolute Gasteiger partial charge is 0.452 e. The summed E-state index contributed by atoms with van der Waals surface area (Å²) in [7, 11) is 0. The molecule has 0 saturated heterocycles. The third kappa shape index (κ3) is 5.55. The highest BCUT2D eigenvalue weighted by Gasteiger charge is 2.15. The summed E-state index contributed by atoms with van der Waals surface area (Å²) >= 11 is 1.27. The van der Waals surface area contributed by atoms with Crippen LogP contribution in [0.25, 0.3) is 0 Å². The monoisotopic (exact) mass is 343 g/mol. The molecule has 0 aromatic heterocycles. The minimum atomic E-state index is -0.593. The molecule has 0 aliphatic rings. The summed E-state index contributed by atoms with van der Waals surface area (Å²) in [6, 6.07) is 15.8. The molecule has 0 saturated carbocycles. The quantitative estimate of drug-likeness (QED) is 0.617. The van der Waals surface area contributed by atoms with Crippen LogP contribution in [0, 0.1) is 0 Å². The predicted molar refractivity (Wildman–Crippen MR) is 93.2 cm³/mol. The lowest BCUT2D eigenvalue weighted by Gasteiger charge is -2.09. The van der Waals surface area contributed by atoms with Crippen LogP contribution in [0.15, 0.2) is 59.5 Å². The van der Waals surface area contributed by atoms with Gasteiger partial charge in [-0.2, -0.15) is 0 Å². The molecule has 0 spiro atoms. The van der Waals surface area contributed by atoms with E-state index >= 15 is 0 Å². The second-order valence-corrected chi connectivity index (χ2v) is 5.99. The van der Waals surface area contributed by atoms with Crippen LogP contribution < -0.4 is 5.32 Å². The number of esters is 1. The number of rotatable bonds is 7. The Morgan fingerprint density at radius 2 is 1.67 bits per heavy atom. The fraction of sp³-hybridized carbons (Fsp3) is 0.167. The van der Waals surface area contributed by atoms with Crippen molar-refractivity contribution in [1.29, 1.82) is 0 Å². The van der Waals surface area contributed by atoms with Crippen molar-refractivity contribution in [2.24, 2.45) is 0 Å². The molecule has 2 aromatic carbocycles. The first-order chi connectivity index (χ1) is 11.6. The smallest absolute Gasteiger partial charge is 0.339 e. The van der Waals surface area contributed by atoms with Crippen LogP contribution in [-0.4, -0.2) is 30.0 Å². The molecule has 0 radical (unpaired) electrons. The Bertz CT molecular complexity index is 731. The van der Waals surface area contributed by atoms with Gasteiger partial charge >= 0.3 is 5.97 Å². The van der Waals surface area contributed by atoms with E-state index in [9.17, 15) is 14.4 Å². The summed E-state index contributed by atoms with van der Waals surface area (Å²) in [5, 5.41) is 2.64. The lowest BCUT2D eigenvalue weighted by atomic mass is 10.2. The molecule has 0 aliphatic heterocycles. The van der Waals surface area contributed by atoms with E-state index in [0.29, 0.717) is 16.1 Å². The highest BCUT2D eigenvalue weighted by atomic mass is 32.2. The second kappa shape index (κ2) is 8.88. The van der Waals surface area contributed by atoms with Crippen LogP contribution in [0.4, 0.5) is 5.69 Å². The van der Waals surface area contributed by atoms with Gasteiger partial charge in [0.25, 0.3) is 5.91 Å². The number of benzene rings is 2. The average Bonchev–Trinajstić information content (AvgIpc) is 2.59. The molecule has 0 aliphatic carbocycles. The van der Waals surface area contributed by atoms with Gasteiger partial charge in [-0.05, 0) is 31.2 Å². The van der Waals surface area contributed by atoms with Gasteiger partial charge in [0.05, 0.1) is 11.3 Å². The van der Waals surface area contributed by atoms with Gasteiger partial charge in [-0.3, -0.25) is 9.59 Å². The van der Waals surface area contributed by atoms with Crippen LogP contribution in [0.3, 0.4) is 0 Å². The van der Waals surface area contributed by atoms with E-state index in [0.717, 1.165) is 0 Å². The molecule has 2 aromatic rings. The predicted octanol–water partition coefficient (Wildman–Crippen LogP) is 3.16. The number of carbonyl (C=O) groups is 3. The SMILES string of the molecule is CC(=O)CSc1ccccc1C(=O)OCC(=O)Nc1ccccc1. The van der Waals surface area contributed by atoms with Gasteiger partial charge in [0.15, 0.2) is 6.61 Å². The van der Waals surface area contributed by atoms with Gasteiger partial charge in [-0.25, -0.2) is 4.79 Å². The van der Waals surface area contributed by atoms with E-state index < -0.39 is 11.9 Å². The minimum Gasteiger partial charge on any atom is -0.452 e. The third-order valence-electron chi connectivity index (χ3n) is 2.93. The van der Waals surface area contributed by atoms with Gasteiger partial charge in [0, 0.05) is 10.6 Å². The first kappa shape index (κ1) is 17.7. The van der Waals surface area contributed by atoms with Gasteiger partial charge in [-0.15, -0.1) is 11.8 Å². The maximum atomic E-state index is 12.2. The lowest BCUT2D eigenvalue weighted by Crippen LogP contribution is -2.21. The summed E-state index contributed by atoms with van der Waals surface area (Å²) in [5.41, 5.74) is 0.979. The number of ketones is 1. The molecule has 0 unspecified atom stereocenters. The van der Waals surface area contributed by atoms with E-state index in [1.165, 1.54) is 18.7 Å². The number of thioether (sulfide) groups is 1. The summed E-state index contributed by atoms with van der Waals surface area (Å²) < 4.78 is 5.06. The number of amides is 1. The Balaban J connectivity index is 1.92. The number of ether oxygens (including phenoxy) is 1. The Kier molecular flexibility index (Phi) is 6.57. The van der Waals surface area contributed by atoms with Crippen molar-refractivity contribution in [2.45, 2.75) is 11.8 Å². The zero-order chi connectivity index (χ0) is 17.4. The molecule has 1 amide bonds. The zero-order valence-electron chi connectivity index (χ0n) is 13.2. The average molecular weight is 343 g/mol. The Morgan fingerprint density at radius 3 is 2.38 bits per heavy atom. The highest BCUT2D eigenvalue weighted by molar-refractivity contribution is 8.00. The van der Waals surface area contributed by atoms with Crippen molar-refractivity contribution in [2.75, 3.05) is 17.7 Å². The highest BCUT2D eigenvalue weighted by Crippen LogP contribution is 2.23. The fourth-order valence-electron chi connectivity index (χ4n) is 1.87. The summed E-state index contributed by atoms with van der Waals surface area (Å²) in [6.07, 6.45) is 0. The first-order valence-corrected chi connectivity index (χ1v) is 8.28. The molecule has 1 N–H and O–H groups in total. The summed E-state index contributed by atoms with van der Waals surface area (Å²) in [4.78, 5) is 35.7. The van der Waals surface area contributed by atoms with Gasteiger partial charge in [-0.1, -0.05) is 30.3 Å². The van der Waals surface area contributed by atoms with E-state index in [1.54, 1.807) is 48.5 Å². The van der Waals surface area contributed by atoms with Gasteiger partial charge in [0.2, 0.25) is 0 Å². The Hall–Kier alpha value is -2.60. The molecule has 0 heterocycles. The Morgan fingerprint density at radius 1 is 1.00 bits per heavy atom. The number of anilines is 1. The molecular formula is C18H17NO4S. The van der Waals surface area contributed by atoms with Crippen molar-refractivity contribution in [1.82, 2.24) is 0 Å². The molecule has 0 atom stereocenters. The molecule has 6 heteroatoms. The summed E-state index contributed by atoms with van der Waals surface area (Å²) in [5.74, 6) is -0.711. The number of nitrogens with one attached hydrogen (secondary N) is 1. The molecule has 5 nitrogen and oxygen atoms in total. The second-order valence-electron chi connectivity index (χ2n) is 4.98. The molecule has 24 heavy (non-hydrogen) atoms. The number of hydrogen-bond acceptors (Lipinski definition) is 5. The number of hydrogen-bond donors (Lipinski definition) is 1. The Labute approximate surface area is 144 Å². The van der Waals surface area contributed by atoms with Crippen LogP contribution in [0.2, 0.25) is 0 Å². The normalized spacial score (nSPS) is 10.0. The van der Waals surface area contributed by atoms with Crippen molar-refractivity contribution in [3.63, 3.8) is 0 Å². The number of Topliss-reactive ketones (excluding diaryl/α,β-unsaturated/α-hetero) is 1. The molecule has 2 rings (SSSR count). The van der Waals surface area contributed by atoms with Crippen molar-refractivity contribution in [3.05, 3.63) is 60.2 Å². The van der Waals surface area contributed by atoms with E-state index in [1.807, 2.05) is 6.07 Å². The fourth-order valence-corrected chi connectivity index (χ4v) is 2.71.